The summed E-state index contributed by atoms with van der Waals surface area (Å²) in [6, 6.07) is 7.83. The monoisotopic (exact) mass is 331 g/mol. The molecule has 122 valence electrons. The van der Waals surface area contributed by atoms with E-state index in [4.69, 9.17) is 17.0 Å². The van der Waals surface area contributed by atoms with Crippen LogP contribution >= 0.6 is 12.2 Å². The van der Waals surface area contributed by atoms with Gasteiger partial charge in [-0.25, -0.2) is 0 Å². The van der Waals surface area contributed by atoms with E-state index in [-0.39, 0.29) is 11.9 Å². The van der Waals surface area contributed by atoms with Gasteiger partial charge in [0.2, 0.25) is 0 Å². The second-order valence-electron chi connectivity index (χ2n) is 5.82. The fourth-order valence-electron chi connectivity index (χ4n) is 2.66. The molecule has 0 aromatic heterocycles. The zero-order chi connectivity index (χ0) is 16.4. The van der Waals surface area contributed by atoms with E-state index in [0.29, 0.717) is 23.3 Å². The Hall–Kier alpha value is -2.08. The van der Waals surface area contributed by atoms with E-state index in [1.54, 1.807) is 0 Å². The van der Waals surface area contributed by atoms with Crippen LogP contribution in [0.3, 0.4) is 0 Å². The summed E-state index contributed by atoms with van der Waals surface area (Å²) >= 11 is 5.25. The summed E-state index contributed by atoms with van der Waals surface area (Å²) in [5.41, 5.74) is 2.47. The third kappa shape index (κ3) is 3.64. The first-order valence-electron chi connectivity index (χ1n) is 7.90. The molecular weight excluding hydrogens is 310 g/mol. The fourth-order valence-corrected chi connectivity index (χ4v) is 2.93. The number of amides is 1. The van der Waals surface area contributed by atoms with Crippen LogP contribution in [-0.2, 0) is 4.79 Å². The van der Waals surface area contributed by atoms with Gasteiger partial charge in [-0.15, -0.1) is 0 Å². The van der Waals surface area contributed by atoms with Gasteiger partial charge in [0, 0.05) is 11.7 Å². The maximum absolute atomic E-state index is 12.6. The van der Waals surface area contributed by atoms with Crippen LogP contribution in [0.5, 0.6) is 5.75 Å². The number of nitrogens with one attached hydrogen (secondary N) is 3. The van der Waals surface area contributed by atoms with Crippen LogP contribution in [-0.4, -0.2) is 23.7 Å². The van der Waals surface area contributed by atoms with E-state index in [0.717, 1.165) is 29.9 Å². The van der Waals surface area contributed by atoms with Crippen LogP contribution < -0.4 is 20.7 Å². The van der Waals surface area contributed by atoms with Gasteiger partial charge in [-0.2, -0.15) is 0 Å². The van der Waals surface area contributed by atoms with Gasteiger partial charge >= 0.3 is 0 Å². The first-order valence-corrected chi connectivity index (χ1v) is 8.31. The Morgan fingerprint density at radius 2 is 2.04 bits per heavy atom. The maximum atomic E-state index is 12.6. The van der Waals surface area contributed by atoms with Crippen molar-refractivity contribution >= 4 is 23.2 Å². The summed E-state index contributed by atoms with van der Waals surface area (Å²) in [5, 5.41) is 9.84. The minimum atomic E-state index is -0.252. The Morgan fingerprint density at radius 3 is 2.65 bits per heavy atom. The lowest BCUT2D eigenvalue weighted by atomic mass is 9.95. The van der Waals surface area contributed by atoms with Crippen molar-refractivity contribution < 1.29 is 9.53 Å². The van der Waals surface area contributed by atoms with Crippen LogP contribution in [0.4, 0.5) is 0 Å². The lowest BCUT2D eigenvalue weighted by Crippen LogP contribution is -2.47. The van der Waals surface area contributed by atoms with E-state index >= 15 is 0 Å². The van der Waals surface area contributed by atoms with Crippen LogP contribution in [0.25, 0.3) is 0 Å². The van der Waals surface area contributed by atoms with Crippen LogP contribution in [0.2, 0.25) is 0 Å². The second-order valence-corrected chi connectivity index (χ2v) is 6.23. The zero-order valence-corrected chi connectivity index (χ0v) is 14.1. The molecule has 23 heavy (non-hydrogen) atoms. The smallest absolute Gasteiger partial charge is 0.251 e. The summed E-state index contributed by atoms with van der Waals surface area (Å²) in [5.74, 6) is 0.781. The molecule has 1 aromatic carbocycles. The van der Waals surface area contributed by atoms with Crippen molar-refractivity contribution in [2.45, 2.75) is 38.8 Å². The standard InChI is InChI=1S/C17H21N3O2S/c1-3-22-13-8-4-11(5-9-13)15-14(10(2)18-17(23)20-15)16(21)19-12-6-7-12/h4-5,8-9,12,15H,3,6-7H2,1-2H3,(H,19,21)(H2,18,20,23)/t15-/m1/s1. The van der Waals surface area contributed by atoms with Crippen LogP contribution in [0.1, 0.15) is 38.3 Å². The minimum Gasteiger partial charge on any atom is -0.494 e. The van der Waals surface area contributed by atoms with E-state index in [1.165, 1.54) is 0 Å². The molecule has 2 aliphatic rings. The third-order valence-corrected chi connectivity index (χ3v) is 4.17. The summed E-state index contributed by atoms with van der Waals surface area (Å²) in [4.78, 5) is 12.6. The van der Waals surface area contributed by atoms with Crippen LogP contribution in [0, 0.1) is 0 Å². The highest BCUT2D eigenvalue weighted by Gasteiger charge is 2.32. The Kier molecular flexibility index (Phi) is 4.52. The van der Waals surface area contributed by atoms with Gasteiger partial charge in [0.05, 0.1) is 18.2 Å². The van der Waals surface area contributed by atoms with E-state index in [2.05, 4.69) is 16.0 Å². The Balaban J connectivity index is 1.88. The number of carbonyl (C=O) groups is 1. The molecule has 6 heteroatoms. The van der Waals surface area contributed by atoms with Crippen molar-refractivity contribution in [2.75, 3.05) is 6.61 Å². The molecule has 1 amide bonds. The van der Waals surface area contributed by atoms with E-state index in [9.17, 15) is 4.79 Å². The van der Waals surface area contributed by atoms with Gasteiger partial charge in [0.15, 0.2) is 5.11 Å². The van der Waals surface area contributed by atoms with Gasteiger partial charge in [-0.05, 0) is 56.6 Å². The Bertz CT molecular complexity index is 650. The summed E-state index contributed by atoms with van der Waals surface area (Å²) in [6.45, 7) is 4.47. The molecule has 1 heterocycles. The average molecular weight is 331 g/mol. The van der Waals surface area contributed by atoms with Gasteiger partial charge < -0.3 is 20.7 Å². The van der Waals surface area contributed by atoms with Crippen LogP contribution in [0.15, 0.2) is 35.5 Å². The predicted molar refractivity (Wildman–Crippen MR) is 93.1 cm³/mol. The van der Waals surface area contributed by atoms with Gasteiger partial charge in [0.1, 0.15) is 5.75 Å². The second kappa shape index (κ2) is 6.58. The molecule has 0 saturated heterocycles. The number of thiocarbonyl (C=S) groups is 1. The summed E-state index contributed by atoms with van der Waals surface area (Å²) in [7, 11) is 0. The van der Waals surface area contributed by atoms with Gasteiger partial charge in [0.25, 0.3) is 5.91 Å². The van der Waals surface area contributed by atoms with Gasteiger partial charge in [-0.3, -0.25) is 4.79 Å². The lowest BCUT2D eigenvalue weighted by Gasteiger charge is -2.30. The van der Waals surface area contributed by atoms with Crippen molar-refractivity contribution in [3.8, 4) is 5.75 Å². The highest BCUT2D eigenvalue weighted by atomic mass is 32.1. The molecule has 3 N–H and O–H groups in total. The third-order valence-electron chi connectivity index (χ3n) is 3.95. The zero-order valence-electron chi connectivity index (χ0n) is 13.3. The molecule has 3 rings (SSSR count). The summed E-state index contributed by atoms with van der Waals surface area (Å²) < 4.78 is 5.48. The number of rotatable bonds is 5. The SMILES string of the molecule is CCOc1ccc([C@H]2NC(=S)NC(C)=C2C(=O)NC2CC2)cc1. The molecule has 0 unspecified atom stereocenters. The first-order chi connectivity index (χ1) is 11.1. The van der Waals surface area contributed by atoms with Crippen molar-refractivity contribution in [2.24, 2.45) is 0 Å². The molecule has 0 radical (unpaired) electrons. The van der Waals surface area contributed by atoms with Crippen molar-refractivity contribution in [3.63, 3.8) is 0 Å². The first kappa shape index (κ1) is 15.8. The molecule has 0 spiro atoms. The molecule has 1 aliphatic heterocycles. The average Bonchev–Trinajstić information content (AvgIpc) is 3.31. The molecular formula is C17H21N3O2S. The van der Waals surface area contributed by atoms with Crippen molar-refractivity contribution in [1.29, 1.82) is 0 Å². The number of allylic oxidation sites excluding steroid dienone is 1. The number of carbonyl (C=O) groups excluding carboxylic acids is 1. The molecule has 0 bridgehead atoms. The van der Waals surface area contributed by atoms with Crippen molar-refractivity contribution in [3.05, 3.63) is 41.1 Å². The molecule has 1 aromatic rings. The van der Waals surface area contributed by atoms with Crippen molar-refractivity contribution in [1.82, 2.24) is 16.0 Å². The molecule has 1 saturated carbocycles. The highest BCUT2D eigenvalue weighted by molar-refractivity contribution is 7.80. The summed E-state index contributed by atoms with van der Waals surface area (Å²) in [6.07, 6.45) is 2.12. The highest BCUT2D eigenvalue weighted by Crippen LogP contribution is 2.29. The molecule has 5 nitrogen and oxygen atoms in total. The Morgan fingerprint density at radius 1 is 1.35 bits per heavy atom. The fraction of sp³-hybridized carbons (Fsp3) is 0.412. The lowest BCUT2D eigenvalue weighted by molar-refractivity contribution is -0.118. The largest absolute Gasteiger partial charge is 0.494 e. The maximum Gasteiger partial charge on any atom is 0.251 e. The molecule has 1 atom stereocenters. The van der Waals surface area contributed by atoms with E-state index in [1.807, 2.05) is 38.1 Å². The normalized spacial score (nSPS) is 20.6. The quantitative estimate of drug-likeness (QED) is 0.722. The number of hydrogen-bond donors (Lipinski definition) is 3. The van der Waals surface area contributed by atoms with E-state index < -0.39 is 0 Å². The van der Waals surface area contributed by atoms with Gasteiger partial charge in [-0.1, -0.05) is 12.1 Å². The predicted octanol–water partition coefficient (Wildman–Crippen LogP) is 2.16. The molecule has 1 fully saturated rings. The number of ether oxygens (including phenoxy) is 1. The Labute approximate surface area is 141 Å². The number of benzene rings is 1. The minimum absolute atomic E-state index is 0.0358. The topological polar surface area (TPSA) is 62.4 Å². The number of hydrogen-bond acceptors (Lipinski definition) is 3. The molecule has 1 aliphatic carbocycles.